The highest BCUT2D eigenvalue weighted by atomic mass is 16.6. The number of hydrogen-bond acceptors (Lipinski definition) is 7. The second kappa shape index (κ2) is 11.6. The molecule has 37 heavy (non-hydrogen) atoms. The van der Waals surface area contributed by atoms with Gasteiger partial charge in [0.15, 0.2) is 0 Å². The highest BCUT2D eigenvalue weighted by Crippen LogP contribution is 2.22. The number of hydrogen-bond donors (Lipinski definition) is 2. The second-order valence-electron chi connectivity index (χ2n) is 10.6. The van der Waals surface area contributed by atoms with Gasteiger partial charge in [-0.3, -0.25) is 4.90 Å². The van der Waals surface area contributed by atoms with E-state index >= 15 is 0 Å². The van der Waals surface area contributed by atoms with Crippen LogP contribution in [0.2, 0.25) is 0 Å². The van der Waals surface area contributed by atoms with Gasteiger partial charge in [-0.15, -0.1) is 0 Å². The summed E-state index contributed by atoms with van der Waals surface area (Å²) >= 11 is 0. The van der Waals surface area contributed by atoms with Gasteiger partial charge in [0.05, 0.1) is 5.69 Å². The van der Waals surface area contributed by atoms with E-state index in [1.54, 1.807) is 23.2 Å². The van der Waals surface area contributed by atoms with Crippen molar-refractivity contribution in [3.63, 3.8) is 0 Å². The van der Waals surface area contributed by atoms with Gasteiger partial charge in [0.2, 0.25) is 5.95 Å². The van der Waals surface area contributed by atoms with Crippen LogP contribution in [0, 0.1) is 0 Å². The average molecular weight is 504 g/mol. The van der Waals surface area contributed by atoms with Crippen molar-refractivity contribution in [2.24, 2.45) is 0 Å². The van der Waals surface area contributed by atoms with Gasteiger partial charge >= 0.3 is 6.09 Å². The first-order valence-electron chi connectivity index (χ1n) is 12.8. The molecule has 2 aromatic carbocycles. The predicted molar refractivity (Wildman–Crippen MR) is 145 cm³/mol. The summed E-state index contributed by atoms with van der Waals surface area (Å²) in [6.07, 6.45) is 2.34. The number of rotatable bonds is 7. The van der Waals surface area contributed by atoms with E-state index in [0.717, 1.165) is 36.3 Å². The summed E-state index contributed by atoms with van der Waals surface area (Å²) in [5.74, 6) is 0.862. The fourth-order valence-electron chi connectivity index (χ4n) is 4.37. The van der Waals surface area contributed by atoms with Crippen molar-refractivity contribution in [1.29, 1.82) is 0 Å². The number of nitrogens with zero attached hydrogens (tertiary/aromatic N) is 4. The number of phenols is 1. The monoisotopic (exact) mass is 503 g/mol. The Balaban J connectivity index is 1.34. The molecule has 1 aliphatic heterocycles. The number of benzene rings is 2. The van der Waals surface area contributed by atoms with E-state index in [1.165, 1.54) is 5.56 Å². The molecule has 2 heterocycles. The Morgan fingerprint density at radius 2 is 1.89 bits per heavy atom. The zero-order valence-electron chi connectivity index (χ0n) is 22.1. The molecule has 0 radical (unpaired) electrons. The number of amides is 1. The fraction of sp³-hybridized carbons (Fsp3) is 0.414. The van der Waals surface area contributed by atoms with Gasteiger partial charge in [-0.1, -0.05) is 30.3 Å². The minimum absolute atomic E-state index is 0.230. The first kappa shape index (κ1) is 26.4. The predicted octanol–water partition coefficient (Wildman–Crippen LogP) is 4.95. The van der Waals surface area contributed by atoms with Crippen molar-refractivity contribution in [3.8, 4) is 17.0 Å². The molecule has 3 aromatic rings. The maximum atomic E-state index is 12.5. The molecule has 2 N–H and O–H groups in total. The highest BCUT2D eigenvalue weighted by Gasteiger charge is 2.29. The summed E-state index contributed by atoms with van der Waals surface area (Å²) < 4.78 is 5.55. The van der Waals surface area contributed by atoms with Gasteiger partial charge in [0.1, 0.15) is 11.4 Å². The average Bonchev–Trinajstić information content (AvgIpc) is 2.86. The number of carbonyl (C=O) groups excluding carboxylic acids is 1. The lowest BCUT2D eigenvalue weighted by atomic mass is 10.1. The van der Waals surface area contributed by atoms with Crippen LogP contribution in [0.5, 0.6) is 5.75 Å². The lowest BCUT2D eigenvalue weighted by Crippen LogP contribution is -2.54. The Bertz CT molecular complexity index is 1190. The molecule has 1 saturated heterocycles. The highest BCUT2D eigenvalue weighted by molar-refractivity contribution is 5.68. The number of phenolic OH excluding ortho intramolecular Hbond substituents is 1. The van der Waals surface area contributed by atoms with Crippen LogP contribution in [-0.4, -0.2) is 68.8 Å². The van der Waals surface area contributed by atoms with Crippen molar-refractivity contribution in [3.05, 3.63) is 71.9 Å². The second-order valence-corrected chi connectivity index (χ2v) is 10.6. The Morgan fingerprint density at radius 3 is 2.62 bits per heavy atom. The molecule has 1 aliphatic rings. The maximum Gasteiger partial charge on any atom is 0.410 e. The number of aromatic hydroxyl groups is 1. The van der Waals surface area contributed by atoms with E-state index in [1.807, 2.05) is 39.0 Å². The molecular weight excluding hydrogens is 466 g/mol. The molecule has 1 aromatic heterocycles. The van der Waals surface area contributed by atoms with E-state index in [9.17, 15) is 9.90 Å². The quantitative estimate of drug-likeness (QED) is 0.472. The van der Waals surface area contributed by atoms with Crippen molar-refractivity contribution in [2.45, 2.75) is 52.3 Å². The van der Waals surface area contributed by atoms with Gasteiger partial charge in [-0.25, -0.2) is 14.8 Å². The van der Waals surface area contributed by atoms with E-state index in [4.69, 9.17) is 9.72 Å². The zero-order valence-corrected chi connectivity index (χ0v) is 22.1. The molecule has 0 aliphatic carbocycles. The first-order chi connectivity index (χ1) is 17.7. The third kappa shape index (κ3) is 7.67. The molecular formula is C29H37N5O3. The van der Waals surface area contributed by atoms with Crippen LogP contribution in [0.25, 0.3) is 11.3 Å². The molecule has 1 amide bonds. The standard InChI is InChI=1S/C29H37N5O3/c1-21-19-34(28(36)37-29(2,3)4)17-16-33(21)20-23-6-5-7-24(18-23)26-13-15-31-27(32-26)30-14-12-22-8-10-25(35)11-9-22/h5-11,13,15,18,21,35H,12,14,16-17,19-20H2,1-4H3,(H,30,31,32)/t21-/m1/s1. The maximum absolute atomic E-state index is 12.5. The molecule has 0 unspecified atom stereocenters. The van der Waals surface area contributed by atoms with Crippen LogP contribution in [0.3, 0.4) is 0 Å². The van der Waals surface area contributed by atoms with Crippen LogP contribution in [0.15, 0.2) is 60.8 Å². The summed E-state index contributed by atoms with van der Waals surface area (Å²) in [6.45, 7) is 11.4. The number of piperazine rings is 1. The van der Waals surface area contributed by atoms with Crippen molar-refractivity contribution < 1.29 is 14.6 Å². The summed E-state index contributed by atoms with van der Waals surface area (Å²) in [4.78, 5) is 25.7. The molecule has 8 heteroatoms. The minimum atomic E-state index is -0.485. The van der Waals surface area contributed by atoms with Crippen LogP contribution >= 0.6 is 0 Å². The van der Waals surface area contributed by atoms with Gasteiger partial charge in [-0.2, -0.15) is 0 Å². The summed E-state index contributed by atoms with van der Waals surface area (Å²) in [7, 11) is 0. The Morgan fingerprint density at radius 1 is 1.11 bits per heavy atom. The van der Waals surface area contributed by atoms with Gasteiger partial charge in [-0.05, 0) is 69.5 Å². The molecule has 4 rings (SSSR count). The van der Waals surface area contributed by atoms with E-state index in [-0.39, 0.29) is 17.9 Å². The molecule has 1 atom stereocenters. The van der Waals surface area contributed by atoms with Gasteiger partial charge < -0.3 is 20.1 Å². The first-order valence-corrected chi connectivity index (χ1v) is 12.8. The van der Waals surface area contributed by atoms with Crippen LogP contribution in [0.1, 0.15) is 38.8 Å². The van der Waals surface area contributed by atoms with Gasteiger partial charge in [0, 0.05) is 50.5 Å². The van der Waals surface area contributed by atoms with E-state index in [0.29, 0.717) is 25.6 Å². The SMILES string of the molecule is C[C@@H]1CN(C(=O)OC(C)(C)C)CCN1Cc1cccc(-c2ccnc(NCCc3ccc(O)cc3)n2)c1. The van der Waals surface area contributed by atoms with E-state index in [2.05, 4.69) is 46.4 Å². The molecule has 196 valence electrons. The van der Waals surface area contributed by atoms with Crippen molar-refractivity contribution >= 4 is 12.0 Å². The third-order valence-electron chi connectivity index (χ3n) is 6.31. The fourth-order valence-corrected chi connectivity index (χ4v) is 4.37. The van der Waals surface area contributed by atoms with Crippen LogP contribution in [-0.2, 0) is 17.7 Å². The summed E-state index contributed by atoms with van der Waals surface area (Å²) in [5, 5.41) is 12.7. The van der Waals surface area contributed by atoms with Crippen molar-refractivity contribution in [1.82, 2.24) is 19.8 Å². The van der Waals surface area contributed by atoms with Crippen LogP contribution < -0.4 is 5.32 Å². The molecule has 0 spiro atoms. The zero-order chi connectivity index (χ0) is 26.4. The Labute approximate surface area is 219 Å². The smallest absolute Gasteiger partial charge is 0.410 e. The molecule has 0 bridgehead atoms. The summed E-state index contributed by atoms with van der Waals surface area (Å²) in [6, 6.07) is 17.8. The van der Waals surface area contributed by atoms with Crippen molar-refractivity contribution in [2.75, 3.05) is 31.5 Å². The molecule has 1 fully saturated rings. The third-order valence-corrected chi connectivity index (χ3v) is 6.31. The molecule has 8 nitrogen and oxygen atoms in total. The number of carbonyl (C=O) groups is 1. The van der Waals surface area contributed by atoms with E-state index < -0.39 is 5.60 Å². The Hall–Kier alpha value is -3.65. The lowest BCUT2D eigenvalue weighted by Gasteiger charge is -2.40. The number of anilines is 1. The Kier molecular flexibility index (Phi) is 8.28. The number of nitrogens with one attached hydrogen (secondary N) is 1. The minimum Gasteiger partial charge on any atom is -0.508 e. The largest absolute Gasteiger partial charge is 0.508 e. The number of aromatic nitrogens is 2. The topological polar surface area (TPSA) is 90.8 Å². The number of ether oxygens (including phenoxy) is 1. The van der Waals surface area contributed by atoms with Gasteiger partial charge in [0.25, 0.3) is 0 Å². The molecule has 0 saturated carbocycles. The van der Waals surface area contributed by atoms with Crippen LogP contribution in [0.4, 0.5) is 10.7 Å². The lowest BCUT2D eigenvalue weighted by molar-refractivity contribution is 0.00461. The summed E-state index contributed by atoms with van der Waals surface area (Å²) in [5.41, 5.74) is 3.76. The normalized spacial score (nSPS) is 16.4.